The zero-order valence-corrected chi connectivity index (χ0v) is 11.4. The van der Waals surface area contributed by atoms with Gasteiger partial charge in [-0.25, -0.2) is 0 Å². The van der Waals surface area contributed by atoms with Crippen LogP contribution >= 0.6 is 0 Å². The number of carbonyl (C=O) groups excluding carboxylic acids is 1. The molecule has 18 heavy (non-hydrogen) atoms. The summed E-state index contributed by atoms with van der Waals surface area (Å²) < 4.78 is 5.87. The Bertz CT molecular complexity index is 292. The van der Waals surface area contributed by atoms with E-state index in [1.54, 1.807) is 0 Å². The number of hydrogen-bond acceptors (Lipinski definition) is 3. The van der Waals surface area contributed by atoms with Crippen LogP contribution in [0.3, 0.4) is 0 Å². The maximum Gasteiger partial charge on any atom is 0.246 e. The van der Waals surface area contributed by atoms with Crippen LogP contribution in [-0.4, -0.2) is 31.2 Å². The van der Waals surface area contributed by atoms with Crippen molar-refractivity contribution in [2.45, 2.75) is 51.0 Å². The third-order valence-electron chi connectivity index (χ3n) is 4.22. The predicted octanol–water partition coefficient (Wildman–Crippen LogP) is 1.44. The second-order valence-corrected chi connectivity index (χ2v) is 6.12. The number of amides is 1. The van der Waals surface area contributed by atoms with E-state index in [1.807, 2.05) is 0 Å². The van der Waals surface area contributed by atoms with Gasteiger partial charge in [-0.15, -0.1) is 0 Å². The van der Waals surface area contributed by atoms with E-state index in [0.717, 1.165) is 25.8 Å². The van der Waals surface area contributed by atoms with Crippen molar-refractivity contribution >= 4 is 5.91 Å². The van der Waals surface area contributed by atoms with Gasteiger partial charge in [0.1, 0.15) is 6.61 Å². The Morgan fingerprint density at radius 1 is 1.44 bits per heavy atom. The molecule has 0 aromatic rings. The molecule has 4 heteroatoms. The summed E-state index contributed by atoms with van der Waals surface area (Å²) in [5, 5.41) is 2.93. The average molecular weight is 254 g/mol. The van der Waals surface area contributed by atoms with Gasteiger partial charge in [-0.1, -0.05) is 19.8 Å². The van der Waals surface area contributed by atoms with Gasteiger partial charge in [-0.3, -0.25) is 4.79 Å². The molecule has 2 saturated carbocycles. The van der Waals surface area contributed by atoms with Gasteiger partial charge >= 0.3 is 0 Å². The van der Waals surface area contributed by atoms with Gasteiger partial charge in [0.2, 0.25) is 5.91 Å². The van der Waals surface area contributed by atoms with Gasteiger partial charge in [-0.2, -0.15) is 0 Å². The summed E-state index contributed by atoms with van der Waals surface area (Å²) in [6, 6.07) is 0. The zero-order valence-electron chi connectivity index (χ0n) is 11.4. The molecule has 0 bridgehead atoms. The smallest absolute Gasteiger partial charge is 0.246 e. The molecule has 0 heterocycles. The molecule has 2 atom stereocenters. The van der Waals surface area contributed by atoms with Crippen LogP contribution in [0, 0.1) is 11.8 Å². The molecular formula is C14H26N2O2. The number of ether oxygens (including phenoxy) is 1. The van der Waals surface area contributed by atoms with Crippen LogP contribution in [-0.2, 0) is 9.53 Å². The molecule has 3 N–H and O–H groups in total. The minimum atomic E-state index is -0.255. The average Bonchev–Trinajstić information content (AvgIpc) is 3.18. The molecule has 2 aliphatic rings. The second kappa shape index (κ2) is 6.02. The van der Waals surface area contributed by atoms with Crippen LogP contribution in [0.15, 0.2) is 0 Å². The molecule has 0 aliphatic heterocycles. The first-order chi connectivity index (χ1) is 8.63. The summed E-state index contributed by atoms with van der Waals surface area (Å²) in [5.74, 6) is 1.37. The van der Waals surface area contributed by atoms with Crippen LogP contribution in [0.25, 0.3) is 0 Å². The molecule has 4 nitrogen and oxygen atoms in total. The standard InChI is InChI=1S/C14H26N2O2/c1-11-3-2-6-14(7-11,10-15)18-9-13(17)16-8-12-4-5-12/h11-12H,2-10,15H2,1H3,(H,16,17). The fourth-order valence-corrected chi connectivity index (χ4v) is 2.84. The highest BCUT2D eigenvalue weighted by atomic mass is 16.5. The highest BCUT2D eigenvalue weighted by Crippen LogP contribution is 2.34. The molecule has 2 fully saturated rings. The van der Waals surface area contributed by atoms with Crippen molar-refractivity contribution < 1.29 is 9.53 Å². The third-order valence-corrected chi connectivity index (χ3v) is 4.22. The number of carbonyl (C=O) groups is 1. The fourth-order valence-electron chi connectivity index (χ4n) is 2.84. The maximum absolute atomic E-state index is 11.7. The molecule has 0 saturated heterocycles. The Hall–Kier alpha value is -0.610. The second-order valence-electron chi connectivity index (χ2n) is 6.12. The van der Waals surface area contributed by atoms with E-state index in [9.17, 15) is 4.79 Å². The van der Waals surface area contributed by atoms with Crippen molar-refractivity contribution in [2.24, 2.45) is 17.6 Å². The molecule has 0 aromatic heterocycles. The third kappa shape index (κ3) is 3.95. The monoisotopic (exact) mass is 254 g/mol. The van der Waals surface area contributed by atoms with E-state index in [4.69, 9.17) is 10.5 Å². The van der Waals surface area contributed by atoms with Crippen LogP contribution in [0.2, 0.25) is 0 Å². The Kier molecular flexibility index (Phi) is 4.62. The van der Waals surface area contributed by atoms with Crippen LogP contribution in [0.4, 0.5) is 0 Å². The van der Waals surface area contributed by atoms with Crippen LogP contribution in [0.5, 0.6) is 0 Å². The Morgan fingerprint density at radius 2 is 2.22 bits per heavy atom. The molecule has 0 radical (unpaired) electrons. The topological polar surface area (TPSA) is 64.3 Å². The van der Waals surface area contributed by atoms with Gasteiger partial charge in [-0.05, 0) is 37.5 Å². The zero-order chi connectivity index (χ0) is 13.0. The van der Waals surface area contributed by atoms with Crippen LogP contribution < -0.4 is 11.1 Å². The largest absolute Gasteiger partial charge is 0.364 e. The van der Waals surface area contributed by atoms with Gasteiger partial charge in [0, 0.05) is 13.1 Å². The van der Waals surface area contributed by atoms with Crippen LogP contribution in [0.1, 0.15) is 45.4 Å². The first-order valence-corrected chi connectivity index (χ1v) is 7.24. The van der Waals surface area contributed by atoms with E-state index in [0.29, 0.717) is 18.4 Å². The summed E-state index contributed by atoms with van der Waals surface area (Å²) in [5.41, 5.74) is 5.61. The van der Waals surface area contributed by atoms with E-state index in [-0.39, 0.29) is 18.1 Å². The number of nitrogens with two attached hydrogens (primary N) is 1. The summed E-state index contributed by atoms with van der Waals surface area (Å²) in [6.45, 7) is 3.73. The molecular weight excluding hydrogens is 228 g/mol. The van der Waals surface area contributed by atoms with Crippen molar-refractivity contribution in [1.29, 1.82) is 0 Å². The lowest BCUT2D eigenvalue weighted by Gasteiger charge is -2.38. The minimum Gasteiger partial charge on any atom is -0.364 e. The summed E-state index contributed by atoms with van der Waals surface area (Å²) in [6.07, 6.45) is 6.89. The van der Waals surface area contributed by atoms with Crippen molar-refractivity contribution in [3.05, 3.63) is 0 Å². The number of rotatable bonds is 6. The first kappa shape index (κ1) is 13.8. The van der Waals surface area contributed by atoms with Crippen molar-refractivity contribution in [3.63, 3.8) is 0 Å². The van der Waals surface area contributed by atoms with Crippen molar-refractivity contribution in [1.82, 2.24) is 5.32 Å². The molecule has 104 valence electrons. The summed E-state index contributed by atoms with van der Waals surface area (Å²) in [7, 11) is 0. The van der Waals surface area contributed by atoms with Gasteiger partial charge in [0.15, 0.2) is 0 Å². The SMILES string of the molecule is CC1CCCC(CN)(OCC(=O)NCC2CC2)C1. The highest BCUT2D eigenvalue weighted by molar-refractivity contribution is 5.77. The quantitative estimate of drug-likeness (QED) is 0.754. The lowest BCUT2D eigenvalue weighted by molar-refractivity contribution is -0.136. The van der Waals surface area contributed by atoms with E-state index < -0.39 is 0 Å². The molecule has 2 aliphatic carbocycles. The molecule has 1 amide bonds. The molecule has 0 aromatic carbocycles. The number of hydrogen-bond donors (Lipinski definition) is 2. The predicted molar refractivity (Wildman–Crippen MR) is 71.1 cm³/mol. The first-order valence-electron chi connectivity index (χ1n) is 7.24. The summed E-state index contributed by atoms with van der Waals surface area (Å²) in [4.78, 5) is 11.7. The Balaban J connectivity index is 1.72. The fraction of sp³-hybridized carbons (Fsp3) is 0.929. The van der Waals surface area contributed by atoms with E-state index in [2.05, 4.69) is 12.2 Å². The molecule has 2 rings (SSSR count). The highest BCUT2D eigenvalue weighted by Gasteiger charge is 2.35. The molecule has 0 spiro atoms. The van der Waals surface area contributed by atoms with Crippen molar-refractivity contribution in [3.8, 4) is 0 Å². The minimum absolute atomic E-state index is 0.00736. The number of nitrogens with one attached hydrogen (secondary N) is 1. The normalized spacial score (nSPS) is 32.2. The van der Waals surface area contributed by atoms with Gasteiger partial charge in [0.25, 0.3) is 0 Å². The summed E-state index contributed by atoms with van der Waals surface area (Å²) >= 11 is 0. The van der Waals surface area contributed by atoms with Gasteiger partial charge < -0.3 is 15.8 Å². The lowest BCUT2D eigenvalue weighted by Crippen LogP contribution is -2.46. The van der Waals surface area contributed by atoms with Crippen molar-refractivity contribution in [2.75, 3.05) is 19.7 Å². The maximum atomic E-state index is 11.7. The van der Waals surface area contributed by atoms with Gasteiger partial charge in [0.05, 0.1) is 5.60 Å². The van der Waals surface area contributed by atoms with E-state index in [1.165, 1.54) is 19.3 Å². The van der Waals surface area contributed by atoms with E-state index >= 15 is 0 Å². The lowest BCUT2D eigenvalue weighted by atomic mass is 9.79. The Labute approximate surface area is 110 Å². The molecule has 2 unspecified atom stereocenters. The Morgan fingerprint density at radius 3 is 2.83 bits per heavy atom.